The Bertz CT molecular complexity index is 70.0. The Hall–Kier alpha value is 0.310. The highest BCUT2D eigenvalue weighted by atomic mass is 32.2. The van der Waals surface area contributed by atoms with E-state index in [1.807, 2.05) is 18.7 Å². The molecule has 0 bridgehead atoms. The summed E-state index contributed by atoms with van der Waals surface area (Å²) in [4.78, 5) is 0. The summed E-state index contributed by atoms with van der Waals surface area (Å²) < 4.78 is 0. The summed E-state index contributed by atoms with van der Waals surface area (Å²) in [6.45, 7) is 2.65. The average molecular weight is 175 g/mol. The molecule has 0 atom stereocenters. The van der Waals surface area contributed by atoms with Crippen molar-refractivity contribution in [3.8, 4) is 0 Å². The molecular formula is C9H21NS. The van der Waals surface area contributed by atoms with Gasteiger partial charge >= 0.3 is 0 Å². The third-order valence-corrected chi connectivity index (χ3v) is 2.68. The smallest absolute Gasteiger partial charge is 0.00419 e. The highest BCUT2D eigenvalue weighted by Gasteiger charge is 2.12. The van der Waals surface area contributed by atoms with Crippen molar-refractivity contribution in [2.24, 2.45) is 11.7 Å². The molecule has 0 unspecified atom stereocenters. The van der Waals surface area contributed by atoms with Crippen molar-refractivity contribution in [3.05, 3.63) is 0 Å². The number of hydrogen-bond acceptors (Lipinski definition) is 2. The van der Waals surface area contributed by atoms with E-state index in [2.05, 4.69) is 6.26 Å². The Labute approximate surface area is 75.1 Å². The van der Waals surface area contributed by atoms with Crippen molar-refractivity contribution in [3.63, 3.8) is 0 Å². The van der Waals surface area contributed by atoms with E-state index >= 15 is 0 Å². The first-order chi connectivity index (χ1) is 5.35. The maximum absolute atomic E-state index is 4.85. The van der Waals surface area contributed by atoms with Crippen LogP contribution >= 0.6 is 11.8 Å². The summed E-state index contributed by atoms with van der Waals surface area (Å²) in [6.07, 6.45) is 8.19. The van der Waals surface area contributed by atoms with Gasteiger partial charge in [-0.05, 0) is 37.3 Å². The fourth-order valence-electron chi connectivity index (χ4n) is 1.41. The number of rotatable bonds is 2. The van der Waals surface area contributed by atoms with Gasteiger partial charge in [-0.25, -0.2) is 0 Å². The van der Waals surface area contributed by atoms with E-state index in [0.29, 0.717) is 0 Å². The Morgan fingerprint density at radius 1 is 1.36 bits per heavy atom. The zero-order chi connectivity index (χ0) is 8.53. The molecule has 0 spiro atoms. The van der Waals surface area contributed by atoms with E-state index < -0.39 is 0 Å². The quantitative estimate of drug-likeness (QED) is 0.698. The van der Waals surface area contributed by atoms with Crippen LogP contribution in [0, 0.1) is 5.92 Å². The molecule has 2 N–H and O–H groups in total. The van der Waals surface area contributed by atoms with Crippen LogP contribution in [-0.2, 0) is 0 Å². The Morgan fingerprint density at radius 3 is 2.18 bits per heavy atom. The van der Waals surface area contributed by atoms with Gasteiger partial charge in [0.1, 0.15) is 0 Å². The maximum Gasteiger partial charge on any atom is -0.00419 e. The molecule has 0 aliphatic heterocycles. The van der Waals surface area contributed by atoms with Crippen molar-refractivity contribution in [2.75, 3.05) is 18.6 Å². The first-order valence-corrected chi connectivity index (χ1v) is 5.93. The van der Waals surface area contributed by atoms with Crippen LogP contribution in [0.5, 0.6) is 0 Å². The molecule has 0 radical (unpaired) electrons. The molecule has 0 aromatic carbocycles. The van der Waals surface area contributed by atoms with E-state index in [0.717, 1.165) is 12.5 Å². The van der Waals surface area contributed by atoms with Crippen molar-refractivity contribution < 1.29 is 0 Å². The first kappa shape index (κ1) is 11.3. The van der Waals surface area contributed by atoms with Gasteiger partial charge in [0.05, 0.1) is 0 Å². The van der Waals surface area contributed by atoms with Gasteiger partial charge in [0, 0.05) is 0 Å². The van der Waals surface area contributed by atoms with Crippen molar-refractivity contribution in [2.45, 2.75) is 32.6 Å². The molecule has 0 heterocycles. The fourth-order valence-corrected chi connectivity index (χ4v) is 2.22. The summed E-state index contributed by atoms with van der Waals surface area (Å²) in [5.74, 6) is 2.48. The van der Waals surface area contributed by atoms with E-state index in [1.165, 1.54) is 31.4 Å². The predicted octanol–water partition coefficient (Wildman–Crippen LogP) is 2.50. The summed E-state index contributed by atoms with van der Waals surface area (Å²) in [5.41, 5.74) is 4.85. The van der Waals surface area contributed by atoms with Crippen molar-refractivity contribution in [1.29, 1.82) is 0 Å². The van der Waals surface area contributed by atoms with Gasteiger partial charge in [-0.1, -0.05) is 19.8 Å². The first-order valence-electron chi connectivity index (χ1n) is 4.54. The summed E-state index contributed by atoms with van der Waals surface area (Å²) in [6, 6.07) is 0. The molecule has 0 aromatic rings. The lowest BCUT2D eigenvalue weighted by Gasteiger charge is -2.03. The second-order valence-electron chi connectivity index (χ2n) is 3.01. The normalized spacial score (nSPS) is 17.7. The van der Waals surface area contributed by atoms with E-state index in [4.69, 9.17) is 5.73 Å². The van der Waals surface area contributed by atoms with Crippen LogP contribution in [0.3, 0.4) is 0 Å². The summed E-state index contributed by atoms with van der Waals surface area (Å²) in [5, 5.41) is 0. The van der Waals surface area contributed by atoms with Gasteiger partial charge < -0.3 is 5.73 Å². The zero-order valence-electron chi connectivity index (χ0n) is 7.81. The summed E-state index contributed by atoms with van der Waals surface area (Å²) in [7, 11) is 0. The lowest BCUT2D eigenvalue weighted by atomic mass is 10.1. The number of hydrogen-bond donors (Lipinski definition) is 1. The minimum atomic E-state index is 0.750. The zero-order valence-corrected chi connectivity index (χ0v) is 8.62. The molecule has 2 heteroatoms. The van der Waals surface area contributed by atoms with E-state index in [-0.39, 0.29) is 0 Å². The molecule has 11 heavy (non-hydrogen) atoms. The molecule has 1 rings (SSSR count). The van der Waals surface area contributed by atoms with Crippen LogP contribution in [0.25, 0.3) is 0 Å². The van der Waals surface area contributed by atoms with Crippen molar-refractivity contribution >= 4 is 11.8 Å². The molecule has 1 saturated carbocycles. The molecule has 1 aliphatic rings. The Morgan fingerprint density at radius 2 is 1.82 bits per heavy atom. The minimum absolute atomic E-state index is 0.750. The molecule has 0 saturated heterocycles. The molecule has 0 amide bonds. The van der Waals surface area contributed by atoms with E-state index in [1.54, 1.807) is 0 Å². The largest absolute Gasteiger partial charge is 0.331 e. The molecule has 68 valence electrons. The average Bonchev–Trinajstić information content (AvgIpc) is 2.42. The fraction of sp³-hybridized carbons (Fsp3) is 1.00. The molecule has 1 aliphatic carbocycles. The topological polar surface area (TPSA) is 26.0 Å². The lowest BCUT2D eigenvalue weighted by molar-refractivity contribution is 0.624. The van der Waals surface area contributed by atoms with Crippen LogP contribution < -0.4 is 5.73 Å². The lowest BCUT2D eigenvalue weighted by Crippen LogP contribution is -1.94. The van der Waals surface area contributed by atoms with Gasteiger partial charge in [-0.15, -0.1) is 0 Å². The second kappa shape index (κ2) is 8.41. The third-order valence-electron chi connectivity index (χ3n) is 1.88. The molecule has 0 aromatic heterocycles. The monoisotopic (exact) mass is 175 g/mol. The Kier molecular flexibility index (Phi) is 8.64. The van der Waals surface area contributed by atoms with Crippen LogP contribution in [0.15, 0.2) is 0 Å². The van der Waals surface area contributed by atoms with E-state index in [9.17, 15) is 0 Å². The molecule has 1 fully saturated rings. The standard InChI is InChI=1S/C7H14S.C2H7N/c1-8-6-7-4-2-3-5-7;1-2-3/h7H,2-6H2,1H3;2-3H2,1H3. The highest BCUT2D eigenvalue weighted by molar-refractivity contribution is 7.98. The number of nitrogens with two attached hydrogens (primary N) is 1. The predicted molar refractivity (Wildman–Crippen MR) is 55.1 cm³/mol. The molecule has 1 nitrogen and oxygen atoms in total. The highest BCUT2D eigenvalue weighted by Crippen LogP contribution is 2.26. The van der Waals surface area contributed by atoms with Gasteiger partial charge in [0.15, 0.2) is 0 Å². The van der Waals surface area contributed by atoms with Crippen LogP contribution in [0.2, 0.25) is 0 Å². The second-order valence-corrected chi connectivity index (χ2v) is 3.92. The Balaban J connectivity index is 0.000000292. The number of thioether (sulfide) groups is 1. The van der Waals surface area contributed by atoms with Crippen molar-refractivity contribution in [1.82, 2.24) is 0 Å². The minimum Gasteiger partial charge on any atom is -0.331 e. The van der Waals surface area contributed by atoms with Gasteiger partial charge in [0.25, 0.3) is 0 Å². The SMILES string of the molecule is CCN.CSCC1CCCC1. The van der Waals surface area contributed by atoms with Crippen LogP contribution in [0.4, 0.5) is 0 Å². The third kappa shape index (κ3) is 6.70. The summed E-state index contributed by atoms with van der Waals surface area (Å²) >= 11 is 2.00. The maximum atomic E-state index is 4.85. The van der Waals surface area contributed by atoms with Gasteiger partial charge in [-0.2, -0.15) is 11.8 Å². The van der Waals surface area contributed by atoms with Crippen LogP contribution in [-0.4, -0.2) is 18.6 Å². The van der Waals surface area contributed by atoms with Crippen LogP contribution in [0.1, 0.15) is 32.6 Å². The van der Waals surface area contributed by atoms with Gasteiger partial charge in [-0.3, -0.25) is 0 Å². The molecular weight excluding hydrogens is 154 g/mol. The van der Waals surface area contributed by atoms with Gasteiger partial charge in [0.2, 0.25) is 0 Å².